The van der Waals surface area contributed by atoms with E-state index in [0.717, 1.165) is 22.3 Å². The highest BCUT2D eigenvalue weighted by Gasteiger charge is 2.30. The van der Waals surface area contributed by atoms with Crippen molar-refractivity contribution in [3.63, 3.8) is 0 Å². The van der Waals surface area contributed by atoms with Crippen molar-refractivity contribution < 1.29 is 19.3 Å². The molecule has 6 heteroatoms. The lowest BCUT2D eigenvalue weighted by molar-refractivity contribution is 0.263. The number of aliphatic hydroxyl groups is 1. The molecule has 1 atom stereocenters. The Balaban J connectivity index is 2.41. The number of aliphatic hydroxyl groups excluding tert-OH is 1. The predicted octanol–water partition coefficient (Wildman–Crippen LogP) is 3.09. The molecule has 0 amide bonds. The number of fused-ring (bicyclic) bond motifs is 3. The van der Waals surface area contributed by atoms with E-state index in [1.165, 1.54) is 11.8 Å². The van der Waals surface area contributed by atoms with E-state index in [4.69, 9.17) is 14.2 Å². The highest BCUT2D eigenvalue weighted by molar-refractivity contribution is 7.98. The summed E-state index contributed by atoms with van der Waals surface area (Å²) in [6.45, 7) is -0.0405. The maximum Gasteiger partial charge on any atom is 0.203 e. The molecule has 0 saturated carbocycles. The highest BCUT2D eigenvalue weighted by Crippen LogP contribution is 2.51. The van der Waals surface area contributed by atoms with Crippen molar-refractivity contribution in [3.05, 3.63) is 45.6 Å². The van der Waals surface area contributed by atoms with Gasteiger partial charge in [-0.3, -0.25) is 4.79 Å². The standard InChI is InChI=1S/C20H22O5S/c1-23-16-8-11-7-12(10-21)14-9-15(22)17(26-4)6-5-13(14)18(11)20(25-3)19(16)24-2/h5-6,8-9,12,21H,7,10H2,1-4H3/t12-/m1/s1. The predicted molar refractivity (Wildman–Crippen MR) is 103 cm³/mol. The molecule has 1 aliphatic carbocycles. The van der Waals surface area contributed by atoms with E-state index in [1.807, 2.05) is 24.5 Å². The molecular formula is C20H22O5S. The van der Waals surface area contributed by atoms with Crippen molar-refractivity contribution in [2.45, 2.75) is 17.2 Å². The Morgan fingerprint density at radius 3 is 2.42 bits per heavy atom. The van der Waals surface area contributed by atoms with Crippen LogP contribution >= 0.6 is 11.8 Å². The first kappa shape index (κ1) is 18.6. The van der Waals surface area contributed by atoms with Crippen molar-refractivity contribution >= 4 is 11.8 Å². The fraction of sp³-hybridized carbons (Fsp3) is 0.350. The summed E-state index contributed by atoms with van der Waals surface area (Å²) in [6, 6.07) is 7.31. The number of hydrogen-bond donors (Lipinski definition) is 1. The largest absolute Gasteiger partial charge is 0.493 e. The first-order chi connectivity index (χ1) is 12.6. The van der Waals surface area contributed by atoms with Crippen LogP contribution in [0.2, 0.25) is 0 Å². The molecule has 1 N–H and O–H groups in total. The van der Waals surface area contributed by atoms with Crippen LogP contribution in [0.25, 0.3) is 11.1 Å². The Bertz CT molecular complexity index is 894. The fourth-order valence-electron chi connectivity index (χ4n) is 3.56. The molecule has 0 heterocycles. The summed E-state index contributed by atoms with van der Waals surface area (Å²) in [7, 11) is 4.74. The molecular weight excluding hydrogens is 352 g/mol. The summed E-state index contributed by atoms with van der Waals surface area (Å²) in [4.78, 5) is 13.2. The SMILES string of the molecule is COc1cc2c(c(OC)c1OC)-c1ccc(SC)c(=O)cc1[C@@H](CO)C2. The van der Waals surface area contributed by atoms with E-state index in [-0.39, 0.29) is 18.0 Å². The average Bonchev–Trinajstić information content (AvgIpc) is 2.83. The van der Waals surface area contributed by atoms with Crippen LogP contribution < -0.4 is 19.6 Å². The van der Waals surface area contributed by atoms with Gasteiger partial charge >= 0.3 is 0 Å². The lowest BCUT2D eigenvalue weighted by Gasteiger charge is -2.28. The van der Waals surface area contributed by atoms with Gasteiger partial charge in [0.25, 0.3) is 0 Å². The van der Waals surface area contributed by atoms with Gasteiger partial charge in [0.2, 0.25) is 5.75 Å². The van der Waals surface area contributed by atoms with Crippen LogP contribution in [0.15, 0.2) is 34.0 Å². The van der Waals surface area contributed by atoms with Gasteiger partial charge in [0.1, 0.15) is 0 Å². The van der Waals surface area contributed by atoms with Crippen LogP contribution in [0, 0.1) is 0 Å². The van der Waals surface area contributed by atoms with Gasteiger partial charge in [0, 0.05) is 11.5 Å². The summed E-state index contributed by atoms with van der Waals surface area (Å²) in [6.07, 6.45) is 2.47. The Morgan fingerprint density at radius 2 is 1.85 bits per heavy atom. The molecule has 3 rings (SSSR count). The molecule has 5 nitrogen and oxygen atoms in total. The summed E-state index contributed by atoms with van der Waals surface area (Å²) < 4.78 is 16.6. The lowest BCUT2D eigenvalue weighted by atomic mass is 9.79. The van der Waals surface area contributed by atoms with Gasteiger partial charge in [0.15, 0.2) is 16.9 Å². The zero-order valence-corrected chi connectivity index (χ0v) is 16.1. The highest BCUT2D eigenvalue weighted by atomic mass is 32.2. The topological polar surface area (TPSA) is 65.0 Å². The minimum absolute atomic E-state index is 0.0405. The second-order valence-corrected chi connectivity index (χ2v) is 6.89. The molecule has 0 fully saturated rings. The third-order valence-electron chi connectivity index (χ3n) is 4.77. The van der Waals surface area contributed by atoms with Gasteiger partial charge < -0.3 is 19.3 Å². The zero-order valence-electron chi connectivity index (χ0n) is 15.3. The Morgan fingerprint density at radius 1 is 1.12 bits per heavy atom. The van der Waals surface area contributed by atoms with Gasteiger partial charge in [-0.15, -0.1) is 11.8 Å². The molecule has 138 valence electrons. The Hall–Kier alpha value is -2.18. The summed E-state index contributed by atoms with van der Waals surface area (Å²) in [5.74, 6) is 1.51. The molecule has 1 aliphatic rings. The van der Waals surface area contributed by atoms with Gasteiger partial charge in [-0.1, -0.05) is 6.07 Å². The molecule has 26 heavy (non-hydrogen) atoms. The number of ether oxygens (including phenoxy) is 3. The van der Waals surface area contributed by atoms with Crippen molar-refractivity contribution in [2.24, 2.45) is 0 Å². The monoisotopic (exact) mass is 374 g/mol. The number of thioether (sulfide) groups is 1. The summed E-state index contributed by atoms with van der Waals surface area (Å²) >= 11 is 1.41. The van der Waals surface area contributed by atoms with Crippen molar-refractivity contribution in [1.82, 2.24) is 0 Å². The van der Waals surface area contributed by atoms with Crippen LogP contribution in [-0.2, 0) is 6.42 Å². The van der Waals surface area contributed by atoms with Gasteiger partial charge in [-0.25, -0.2) is 0 Å². The maximum absolute atomic E-state index is 12.5. The minimum Gasteiger partial charge on any atom is -0.493 e. The zero-order chi connectivity index (χ0) is 18.8. The molecule has 0 aromatic heterocycles. The summed E-state index contributed by atoms with van der Waals surface area (Å²) in [5, 5.41) is 9.92. The smallest absolute Gasteiger partial charge is 0.203 e. The number of hydrogen-bond acceptors (Lipinski definition) is 6. The summed E-state index contributed by atoms with van der Waals surface area (Å²) in [5.41, 5.74) is 3.54. The van der Waals surface area contributed by atoms with E-state index in [0.29, 0.717) is 28.6 Å². The van der Waals surface area contributed by atoms with Crippen molar-refractivity contribution in [2.75, 3.05) is 34.2 Å². The molecule has 0 radical (unpaired) electrons. The average molecular weight is 374 g/mol. The van der Waals surface area contributed by atoms with Crippen LogP contribution in [0.5, 0.6) is 17.2 Å². The van der Waals surface area contributed by atoms with Crippen LogP contribution in [-0.4, -0.2) is 39.3 Å². The van der Waals surface area contributed by atoms with E-state index in [2.05, 4.69) is 0 Å². The molecule has 0 aliphatic heterocycles. The van der Waals surface area contributed by atoms with Crippen molar-refractivity contribution in [1.29, 1.82) is 0 Å². The van der Waals surface area contributed by atoms with Crippen LogP contribution in [0.1, 0.15) is 17.0 Å². The minimum atomic E-state index is -0.157. The second kappa shape index (κ2) is 7.60. The van der Waals surface area contributed by atoms with E-state index in [1.54, 1.807) is 27.4 Å². The number of methoxy groups -OCH3 is 3. The van der Waals surface area contributed by atoms with E-state index >= 15 is 0 Å². The molecule has 2 aromatic rings. The molecule has 0 bridgehead atoms. The number of rotatable bonds is 5. The Kier molecular flexibility index (Phi) is 5.44. The fourth-order valence-corrected chi connectivity index (χ4v) is 4.03. The first-order valence-corrected chi connectivity index (χ1v) is 9.47. The maximum atomic E-state index is 12.5. The first-order valence-electron chi connectivity index (χ1n) is 8.24. The van der Waals surface area contributed by atoms with Gasteiger partial charge in [0.05, 0.1) is 32.8 Å². The lowest BCUT2D eigenvalue weighted by Crippen LogP contribution is -2.16. The third-order valence-corrected chi connectivity index (χ3v) is 5.55. The normalized spacial score (nSPS) is 15.0. The van der Waals surface area contributed by atoms with Gasteiger partial charge in [-0.05, 0) is 47.6 Å². The van der Waals surface area contributed by atoms with E-state index in [9.17, 15) is 9.90 Å². The molecule has 0 saturated heterocycles. The quantitative estimate of drug-likeness (QED) is 0.812. The van der Waals surface area contributed by atoms with Crippen LogP contribution in [0.4, 0.5) is 0 Å². The number of benzene rings is 1. The Labute approximate surface area is 156 Å². The second-order valence-electron chi connectivity index (χ2n) is 6.04. The molecule has 0 spiro atoms. The molecule has 0 unspecified atom stereocenters. The van der Waals surface area contributed by atoms with Crippen molar-refractivity contribution in [3.8, 4) is 28.4 Å². The van der Waals surface area contributed by atoms with Crippen LogP contribution in [0.3, 0.4) is 0 Å². The molecule has 2 aromatic carbocycles. The van der Waals surface area contributed by atoms with Gasteiger partial charge in [-0.2, -0.15) is 0 Å². The van der Waals surface area contributed by atoms with E-state index < -0.39 is 0 Å². The third kappa shape index (κ3) is 2.93.